The third kappa shape index (κ3) is 3.12. The molecule has 3 atom stereocenters. The van der Waals surface area contributed by atoms with Crippen LogP contribution in [0, 0.1) is 5.92 Å². The maximum absolute atomic E-state index is 10.4. The van der Waals surface area contributed by atoms with Crippen LogP contribution in [0.2, 0.25) is 0 Å². The van der Waals surface area contributed by atoms with E-state index in [1.54, 1.807) is 0 Å². The van der Waals surface area contributed by atoms with Crippen molar-refractivity contribution >= 4 is 0 Å². The molecular weight excluding hydrogens is 222 g/mol. The van der Waals surface area contributed by atoms with Crippen molar-refractivity contribution in [3.63, 3.8) is 0 Å². The first-order valence-electron chi connectivity index (χ1n) is 7.21. The van der Waals surface area contributed by atoms with Gasteiger partial charge in [0.25, 0.3) is 0 Å². The Labute approximate surface area is 110 Å². The van der Waals surface area contributed by atoms with E-state index in [0.29, 0.717) is 11.8 Å². The molecule has 0 bridgehead atoms. The molecule has 2 heteroatoms. The van der Waals surface area contributed by atoms with Gasteiger partial charge in [-0.3, -0.25) is 0 Å². The van der Waals surface area contributed by atoms with Crippen LogP contribution in [-0.4, -0.2) is 18.2 Å². The van der Waals surface area contributed by atoms with Crippen molar-refractivity contribution in [3.8, 4) is 0 Å². The van der Waals surface area contributed by atoms with Crippen molar-refractivity contribution in [2.75, 3.05) is 13.1 Å². The standard InChI is InChI=1S/C16H25NO/c1-3-12(2)13-6-8-14(9-7-13)16(18)15-5-4-10-17-11-15/h6-9,12,15-18H,3-5,10-11H2,1-2H3. The van der Waals surface area contributed by atoms with Gasteiger partial charge >= 0.3 is 0 Å². The molecule has 3 unspecified atom stereocenters. The molecular formula is C16H25NO. The highest BCUT2D eigenvalue weighted by Gasteiger charge is 2.22. The number of aliphatic hydroxyl groups is 1. The van der Waals surface area contributed by atoms with Crippen LogP contribution in [0.25, 0.3) is 0 Å². The zero-order valence-electron chi connectivity index (χ0n) is 11.5. The molecule has 0 radical (unpaired) electrons. The van der Waals surface area contributed by atoms with E-state index in [9.17, 15) is 5.11 Å². The Morgan fingerprint density at radius 3 is 2.50 bits per heavy atom. The Morgan fingerprint density at radius 2 is 1.94 bits per heavy atom. The average Bonchev–Trinajstić information content (AvgIpc) is 2.47. The molecule has 18 heavy (non-hydrogen) atoms. The fraction of sp³-hybridized carbons (Fsp3) is 0.625. The first-order valence-corrected chi connectivity index (χ1v) is 7.21. The SMILES string of the molecule is CCC(C)c1ccc(C(O)C2CCCNC2)cc1. The number of benzene rings is 1. The minimum Gasteiger partial charge on any atom is -0.388 e. The summed E-state index contributed by atoms with van der Waals surface area (Å²) >= 11 is 0. The van der Waals surface area contributed by atoms with Gasteiger partial charge < -0.3 is 10.4 Å². The minimum absolute atomic E-state index is 0.316. The molecule has 2 nitrogen and oxygen atoms in total. The second-order valence-corrected chi connectivity index (χ2v) is 5.53. The van der Waals surface area contributed by atoms with Gasteiger partial charge in [-0.1, -0.05) is 38.1 Å². The zero-order valence-corrected chi connectivity index (χ0v) is 11.5. The van der Waals surface area contributed by atoms with Crippen LogP contribution in [-0.2, 0) is 0 Å². The van der Waals surface area contributed by atoms with E-state index in [1.165, 1.54) is 12.0 Å². The molecule has 1 aromatic carbocycles. The fourth-order valence-electron chi connectivity index (χ4n) is 2.68. The summed E-state index contributed by atoms with van der Waals surface area (Å²) in [5.74, 6) is 0.973. The van der Waals surface area contributed by atoms with Crippen molar-refractivity contribution < 1.29 is 5.11 Å². The van der Waals surface area contributed by atoms with E-state index < -0.39 is 0 Å². The summed E-state index contributed by atoms with van der Waals surface area (Å²) in [6.07, 6.45) is 3.14. The van der Waals surface area contributed by atoms with Gasteiger partial charge in [-0.25, -0.2) is 0 Å². The Kier molecular flexibility index (Phi) is 4.79. The van der Waals surface area contributed by atoms with Crippen molar-refractivity contribution in [2.24, 2.45) is 5.92 Å². The quantitative estimate of drug-likeness (QED) is 0.856. The van der Waals surface area contributed by atoms with Gasteiger partial charge in [0.05, 0.1) is 6.10 Å². The lowest BCUT2D eigenvalue weighted by atomic mass is 9.88. The lowest BCUT2D eigenvalue weighted by Gasteiger charge is -2.27. The van der Waals surface area contributed by atoms with E-state index in [1.807, 2.05) is 0 Å². The fourth-order valence-corrected chi connectivity index (χ4v) is 2.68. The highest BCUT2D eigenvalue weighted by molar-refractivity contribution is 5.26. The van der Waals surface area contributed by atoms with E-state index in [-0.39, 0.29) is 6.10 Å². The van der Waals surface area contributed by atoms with Crippen LogP contribution in [0.1, 0.15) is 56.3 Å². The molecule has 0 aliphatic carbocycles. The van der Waals surface area contributed by atoms with E-state index in [2.05, 4.69) is 43.4 Å². The molecule has 1 aliphatic heterocycles. The highest BCUT2D eigenvalue weighted by atomic mass is 16.3. The molecule has 1 heterocycles. The molecule has 0 saturated carbocycles. The molecule has 2 N–H and O–H groups in total. The second kappa shape index (κ2) is 6.35. The van der Waals surface area contributed by atoms with Gasteiger partial charge in [-0.15, -0.1) is 0 Å². The summed E-state index contributed by atoms with van der Waals surface area (Å²) in [4.78, 5) is 0. The number of hydrogen-bond acceptors (Lipinski definition) is 2. The van der Waals surface area contributed by atoms with Crippen LogP contribution in [0.4, 0.5) is 0 Å². The topological polar surface area (TPSA) is 32.3 Å². The van der Waals surface area contributed by atoms with Gasteiger partial charge in [0, 0.05) is 12.5 Å². The van der Waals surface area contributed by atoms with Crippen LogP contribution >= 0.6 is 0 Å². The first kappa shape index (κ1) is 13.6. The smallest absolute Gasteiger partial charge is 0.0830 e. The van der Waals surface area contributed by atoms with Crippen LogP contribution in [0.15, 0.2) is 24.3 Å². The third-order valence-corrected chi connectivity index (χ3v) is 4.24. The summed E-state index contributed by atoms with van der Waals surface area (Å²) < 4.78 is 0. The van der Waals surface area contributed by atoms with Crippen LogP contribution in [0.3, 0.4) is 0 Å². The highest BCUT2D eigenvalue weighted by Crippen LogP contribution is 2.28. The van der Waals surface area contributed by atoms with Gasteiger partial charge in [-0.2, -0.15) is 0 Å². The van der Waals surface area contributed by atoms with E-state index >= 15 is 0 Å². The van der Waals surface area contributed by atoms with Crippen LogP contribution in [0.5, 0.6) is 0 Å². The monoisotopic (exact) mass is 247 g/mol. The molecule has 0 spiro atoms. The van der Waals surface area contributed by atoms with Crippen molar-refractivity contribution in [1.29, 1.82) is 0 Å². The zero-order chi connectivity index (χ0) is 13.0. The summed E-state index contributed by atoms with van der Waals surface area (Å²) in [5, 5.41) is 13.8. The Bertz CT molecular complexity index is 354. The molecule has 1 saturated heterocycles. The minimum atomic E-state index is -0.316. The molecule has 1 aromatic rings. The van der Waals surface area contributed by atoms with E-state index in [0.717, 1.165) is 31.5 Å². The number of piperidine rings is 1. The Morgan fingerprint density at radius 1 is 1.28 bits per heavy atom. The Hall–Kier alpha value is -0.860. The molecule has 1 fully saturated rings. The molecule has 2 rings (SSSR count). The van der Waals surface area contributed by atoms with Gasteiger partial charge in [-0.05, 0) is 42.9 Å². The lowest BCUT2D eigenvalue weighted by molar-refractivity contribution is 0.0921. The average molecular weight is 247 g/mol. The van der Waals surface area contributed by atoms with Gasteiger partial charge in [0.2, 0.25) is 0 Å². The summed E-state index contributed by atoms with van der Waals surface area (Å²) in [6.45, 7) is 6.49. The predicted octanol–water partition coefficient (Wildman–Crippen LogP) is 3.23. The maximum atomic E-state index is 10.4. The van der Waals surface area contributed by atoms with Crippen LogP contribution < -0.4 is 5.32 Å². The van der Waals surface area contributed by atoms with Gasteiger partial charge in [0.15, 0.2) is 0 Å². The number of aliphatic hydroxyl groups excluding tert-OH is 1. The van der Waals surface area contributed by atoms with E-state index in [4.69, 9.17) is 0 Å². The summed E-state index contributed by atoms with van der Waals surface area (Å²) in [5.41, 5.74) is 2.44. The maximum Gasteiger partial charge on any atom is 0.0830 e. The van der Waals surface area contributed by atoms with Crippen molar-refractivity contribution in [2.45, 2.75) is 45.1 Å². The number of hydrogen-bond donors (Lipinski definition) is 2. The largest absolute Gasteiger partial charge is 0.388 e. The molecule has 0 aromatic heterocycles. The van der Waals surface area contributed by atoms with Crippen molar-refractivity contribution in [1.82, 2.24) is 5.32 Å². The first-order chi connectivity index (χ1) is 8.72. The van der Waals surface area contributed by atoms with Crippen molar-refractivity contribution in [3.05, 3.63) is 35.4 Å². The summed E-state index contributed by atoms with van der Waals surface area (Å²) in [6, 6.07) is 8.54. The molecule has 0 amide bonds. The number of rotatable bonds is 4. The second-order valence-electron chi connectivity index (χ2n) is 5.53. The molecule has 1 aliphatic rings. The lowest BCUT2D eigenvalue weighted by Crippen LogP contribution is -2.33. The Balaban J connectivity index is 2.03. The number of nitrogens with one attached hydrogen (secondary N) is 1. The predicted molar refractivity (Wildman–Crippen MR) is 75.7 cm³/mol. The van der Waals surface area contributed by atoms with Gasteiger partial charge in [0.1, 0.15) is 0 Å². The normalized spacial score (nSPS) is 23.6. The molecule has 100 valence electrons. The summed E-state index contributed by atoms with van der Waals surface area (Å²) in [7, 11) is 0. The third-order valence-electron chi connectivity index (χ3n) is 4.24.